The van der Waals surface area contributed by atoms with Gasteiger partial charge in [-0.15, -0.1) is 0 Å². The first-order valence-corrected chi connectivity index (χ1v) is 5.72. The lowest BCUT2D eigenvalue weighted by Gasteiger charge is -2.20. The van der Waals surface area contributed by atoms with Crippen molar-refractivity contribution in [2.75, 3.05) is 0 Å². The molecule has 0 aliphatic heterocycles. The lowest BCUT2D eigenvalue weighted by atomic mass is 9.81. The second kappa shape index (κ2) is 6.45. The van der Waals surface area contributed by atoms with Gasteiger partial charge in [-0.3, -0.25) is 0 Å². The third-order valence-electron chi connectivity index (χ3n) is 2.81. The molecule has 1 unspecified atom stereocenters. The minimum atomic E-state index is -0.294. The minimum absolute atomic E-state index is 0.294. The van der Waals surface area contributed by atoms with Crippen molar-refractivity contribution in [1.29, 1.82) is 5.26 Å². The summed E-state index contributed by atoms with van der Waals surface area (Å²) in [5.74, 6) is 0. The molecule has 1 nitrogen and oxygen atoms in total. The monoisotopic (exact) mass is 205 g/mol. The molecule has 1 heteroatoms. The molecule has 0 radical (unpaired) electrons. The molecule has 0 aromatic heterocycles. The summed E-state index contributed by atoms with van der Waals surface area (Å²) in [4.78, 5) is 0. The predicted molar refractivity (Wildman–Crippen MR) is 66.4 cm³/mol. The third kappa shape index (κ3) is 4.83. The Morgan fingerprint density at radius 3 is 2.20 bits per heavy atom. The van der Waals surface area contributed by atoms with Gasteiger partial charge in [0.1, 0.15) is 0 Å². The molecule has 0 bridgehead atoms. The SMILES string of the molecule is CCC(C)=CC(C#N)(CC)CC=C(C)C. The average molecular weight is 205 g/mol. The fraction of sp³-hybridized carbons (Fsp3) is 0.643. The van der Waals surface area contributed by atoms with Crippen LogP contribution in [0.5, 0.6) is 0 Å². The van der Waals surface area contributed by atoms with E-state index in [4.69, 9.17) is 0 Å². The first-order chi connectivity index (χ1) is 6.99. The van der Waals surface area contributed by atoms with Gasteiger partial charge in [-0.2, -0.15) is 5.26 Å². The first-order valence-electron chi connectivity index (χ1n) is 5.72. The van der Waals surface area contributed by atoms with Crippen LogP contribution in [0.3, 0.4) is 0 Å². The van der Waals surface area contributed by atoms with Crippen molar-refractivity contribution < 1.29 is 0 Å². The average Bonchev–Trinajstić information content (AvgIpc) is 2.24. The molecule has 15 heavy (non-hydrogen) atoms. The van der Waals surface area contributed by atoms with Gasteiger partial charge < -0.3 is 0 Å². The largest absolute Gasteiger partial charge is 0.197 e. The van der Waals surface area contributed by atoms with Crippen LogP contribution in [-0.4, -0.2) is 0 Å². The third-order valence-corrected chi connectivity index (χ3v) is 2.81. The Kier molecular flexibility index (Phi) is 6.01. The summed E-state index contributed by atoms with van der Waals surface area (Å²) in [6.45, 7) is 10.5. The van der Waals surface area contributed by atoms with Gasteiger partial charge in [0.05, 0.1) is 11.5 Å². The van der Waals surface area contributed by atoms with Gasteiger partial charge in [0.25, 0.3) is 0 Å². The summed E-state index contributed by atoms with van der Waals surface area (Å²) >= 11 is 0. The highest BCUT2D eigenvalue weighted by atomic mass is 14.3. The Bertz CT molecular complexity index is 287. The molecular formula is C14H23N. The molecule has 1 atom stereocenters. The van der Waals surface area contributed by atoms with E-state index in [0.29, 0.717) is 0 Å². The molecular weight excluding hydrogens is 182 g/mol. The molecule has 0 amide bonds. The van der Waals surface area contributed by atoms with Crippen LogP contribution in [0.4, 0.5) is 0 Å². The molecule has 0 saturated carbocycles. The molecule has 0 heterocycles. The van der Waals surface area contributed by atoms with Crippen LogP contribution in [0.15, 0.2) is 23.3 Å². The summed E-state index contributed by atoms with van der Waals surface area (Å²) in [7, 11) is 0. The van der Waals surface area contributed by atoms with E-state index in [2.05, 4.69) is 52.8 Å². The molecule has 0 saturated heterocycles. The maximum atomic E-state index is 9.31. The molecule has 0 aliphatic rings. The summed E-state index contributed by atoms with van der Waals surface area (Å²) < 4.78 is 0. The summed E-state index contributed by atoms with van der Waals surface area (Å²) in [5, 5.41) is 9.31. The number of hydrogen-bond donors (Lipinski definition) is 0. The topological polar surface area (TPSA) is 23.8 Å². The lowest BCUT2D eigenvalue weighted by Crippen LogP contribution is -2.14. The minimum Gasteiger partial charge on any atom is -0.197 e. The maximum Gasteiger partial charge on any atom is 0.0787 e. The standard InChI is InChI=1S/C14H23N/c1-6-13(5)10-14(7-2,11-15)9-8-12(3)4/h8,10H,6-7,9H2,1-5H3. The van der Waals surface area contributed by atoms with E-state index in [1.807, 2.05) is 0 Å². The first kappa shape index (κ1) is 14.0. The Morgan fingerprint density at radius 2 is 1.87 bits per heavy atom. The molecule has 84 valence electrons. The number of allylic oxidation sites excluding steroid dienone is 4. The van der Waals surface area contributed by atoms with Crippen LogP contribution >= 0.6 is 0 Å². The zero-order chi connectivity index (χ0) is 11.9. The summed E-state index contributed by atoms with van der Waals surface area (Å²) in [6.07, 6.45) is 7.04. The van der Waals surface area contributed by atoms with Crippen molar-refractivity contribution in [3.63, 3.8) is 0 Å². The Labute approximate surface area is 94.5 Å². The Balaban J connectivity index is 4.91. The fourth-order valence-electron chi connectivity index (χ4n) is 1.42. The van der Waals surface area contributed by atoms with E-state index >= 15 is 0 Å². The molecule has 0 rings (SSSR count). The van der Waals surface area contributed by atoms with E-state index < -0.39 is 0 Å². The number of rotatable bonds is 5. The van der Waals surface area contributed by atoms with E-state index in [9.17, 15) is 5.26 Å². The normalized spacial score (nSPS) is 15.3. The lowest BCUT2D eigenvalue weighted by molar-refractivity contribution is 0.489. The van der Waals surface area contributed by atoms with Crippen LogP contribution in [-0.2, 0) is 0 Å². The van der Waals surface area contributed by atoms with Gasteiger partial charge in [-0.1, -0.05) is 37.1 Å². The van der Waals surface area contributed by atoms with Crippen LogP contribution in [0, 0.1) is 16.7 Å². The van der Waals surface area contributed by atoms with E-state index in [0.717, 1.165) is 19.3 Å². The second-order valence-electron chi connectivity index (χ2n) is 4.45. The molecule has 0 aromatic carbocycles. The van der Waals surface area contributed by atoms with Crippen LogP contribution in [0.25, 0.3) is 0 Å². The molecule has 0 spiro atoms. The van der Waals surface area contributed by atoms with Gasteiger partial charge in [0, 0.05) is 0 Å². The van der Waals surface area contributed by atoms with Crippen LogP contribution in [0.1, 0.15) is 53.9 Å². The molecule has 0 aliphatic carbocycles. The van der Waals surface area contributed by atoms with Crippen molar-refractivity contribution in [1.82, 2.24) is 0 Å². The predicted octanol–water partition coefficient (Wildman–Crippen LogP) is 4.62. The van der Waals surface area contributed by atoms with Gasteiger partial charge in [0.2, 0.25) is 0 Å². The van der Waals surface area contributed by atoms with Gasteiger partial charge >= 0.3 is 0 Å². The fourth-order valence-corrected chi connectivity index (χ4v) is 1.42. The van der Waals surface area contributed by atoms with Gasteiger partial charge in [-0.05, 0) is 40.0 Å². The van der Waals surface area contributed by atoms with Crippen molar-refractivity contribution >= 4 is 0 Å². The highest BCUT2D eigenvalue weighted by molar-refractivity contribution is 5.19. The van der Waals surface area contributed by atoms with Crippen molar-refractivity contribution in [2.45, 2.75) is 53.9 Å². The highest BCUT2D eigenvalue weighted by Gasteiger charge is 2.23. The van der Waals surface area contributed by atoms with Crippen LogP contribution < -0.4 is 0 Å². The zero-order valence-electron chi connectivity index (χ0n) is 10.7. The van der Waals surface area contributed by atoms with Gasteiger partial charge in [-0.25, -0.2) is 0 Å². The smallest absolute Gasteiger partial charge is 0.0787 e. The van der Waals surface area contributed by atoms with Crippen molar-refractivity contribution in [3.05, 3.63) is 23.3 Å². The molecule has 0 aromatic rings. The van der Waals surface area contributed by atoms with E-state index in [1.54, 1.807) is 0 Å². The number of nitrogens with zero attached hydrogens (tertiary/aromatic N) is 1. The van der Waals surface area contributed by atoms with Crippen molar-refractivity contribution in [2.24, 2.45) is 5.41 Å². The zero-order valence-corrected chi connectivity index (χ0v) is 10.7. The van der Waals surface area contributed by atoms with Gasteiger partial charge in [0.15, 0.2) is 0 Å². The van der Waals surface area contributed by atoms with E-state index in [1.165, 1.54) is 11.1 Å². The quantitative estimate of drug-likeness (QED) is 0.601. The molecule has 0 N–H and O–H groups in total. The second-order valence-corrected chi connectivity index (χ2v) is 4.45. The maximum absolute atomic E-state index is 9.31. The number of hydrogen-bond acceptors (Lipinski definition) is 1. The van der Waals surface area contributed by atoms with E-state index in [-0.39, 0.29) is 5.41 Å². The number of nitriles is 1. The molecule has 0 fully saturated rings. The van der Waals surface area contributed by atoms with Crippen LogP contribution in [0.2, 0.25) is 0 Å². The Morgan fingerprint density at radius 1 is 1.27 bits per heavy atom. The van der Waals surface area contributed by atoms with Crippen molar-refractivity contribution in [3.8, 4) is 6.07 Å². The summed E-state index contributed by atoms with van der Waals surface area (Å²) in [5.41, 5.74) is 2.29. The summed E-state index contributed by atoms with van der Waals surface area (Å²) in [6, 6.07) is 2.46. The highest BCUT2D eigenvalue weighted by Crippen LogP contribution is 2.30. The Hall–Kier alpha value is -1.03.